The van der Waals surface area contributed by atoms with Crippen molar-refractivity contribution < 1.29 is 4.74 Å². The fourth-order valence-electron chi connectivity index (χ4n) is 2.64. The van der Waals surface area contributed by atoms with Crippen LogP contribution >= 0.6 is 27.5 Å². The number of benzene rings is 1. The number of nitrogens with one attached hydrogen (secondary N) is 1. The van der Waals surface area contributed by atoms with Gasteiger partial charge in [-0.15, -0.1) is 0 Å². The predicted octanol–water partition coefficient (Wildman–Crippen LogP) is 3.08. The first-order valence-electron chi connectivity index (χ1n) is 5.56. The van der Waals surface area contributed by atoms with Gasteiger partial charge in [0.25, 0.3) is 0 Å². The van der Waals surface area contributed by atoms with E-state index in [-0.39, 0.29) is 0 Å². The Bertz CT molecular complexity index is 424. The molecule has 4 heteroatoms. The van der Waals surface area contributed by atoms with Crippen LogP contribution in [0.5, 0.6) is 0 Å². The number of halogens is 2. The van der Waals surface area contributed by atoms with Gasteiger partial charge in [-0.3, -0.25) is 0 Å². The van der Waals surface area contributed by atoms with Crippen molar-refractivity contribution >= 4 is 27.5 Å². The first-order chi connectivity index (χ1) is 7.77. The van der Waals surface area contributed by atoms with Crippen LogP contribution in [0.15, 0.2) is 16.6 Å². The number of fused-ring (bicyclic) bond motifs is 3. The molecule has 1 fully saturated rings. The zero-order valence-corrected chi connectivity index (χ0v) is 11.1. The average molecular weight is 303 g/mol. The van der Waals surface area contributed by atoms with Gasteiger partial charge < -0.3 is 10.1 Å². The number of hydrogen-bond acceptors (Lipinski definition) is 2. The van der Waals surface area contributed by atoms with Gasteiger partial charge in [0.15, 0.2) is 0 Å². The van der Waals surface area contributed by atoms with Gasteiger partial charge in [0.1, 0.15) is 0 Å². The molecule has 1 aromatic carbocycles. The largest absolute Gasteiger partial charge is 0.373 e. The third-order valence-corrected chi connectivity index (χ3v) is 4.81. The van der Waals surface area contributed by atoms with E-state index in [9.17, 15) is 0 Å². The Morgan fingerprint density at radius 1 is 1.44 bits per heavy atom. The highest BCUT2D eigenvalue weighted by Gasteiger charge is 2.33. The van der Waals surface area contributed by atoms with E-state index >= 15 is 0 Å². The van der Waals surface area contributed by atoms with E-state index in [1.54, 1.807) is 0 Å². The van der Waals surface area contributed by atoms with E-state index in [0.717, 1.165) is 34.6 Å². The van der Waals surface area contributed by atoms with Crippen molar-refractivity contribution in [2.24, 2.45) is 0 Å². The van der Waals surface area contributed by atoms with Gasteiger partial charge in [-0.2, -0.15) is 0 Å². The third kappa shape index (κ3) is 1.70. The summed E-state index contributed by atoms with van der Waals surface area (Å²) < 4.78 is 6.86. The zero-order chi connectivity index (χ0) is 11.1. The third-order valence-electron chi connectivity index (χ3n) is 3.49. The molecule has 2 atom stereocenters. The molecule has 2 aliphatic rings. The van der Waals surface area contributed by atoms with E-state index in [1.807, 2.05) is 6.07 Å². The first kappa shape index (κ1) is 11.0. The van der Waals surface area contributed by atoms with Gasteiger partial charge in [0.05, 0.1) is 17.7 Å². The monoisotopic (exact) mass is 301 g/mol. The molecule has 3 rings (SSSR count). The van der Waals surface area contributed by atoms with Gasteiger partial charge in [-0.1, -0.05) is 17.7 Å². The molecule has 16 heavy (non-hydrogen) atoms. The van der Waals surface area contributed by atoms with Crippen LogP contribution in [-0.4, -0.2) is 19.2 Å². The van der Waals surface area contributed by atoms with Crippen molar-refractivity contribution in [1.82, 2.24) is 5.32 Å². The van der Waals surface area contributed by atoms with Crippen molar-refractivity contribution in [1.29, 1.82) is 0 Å². The highest BCUT2D eigenvalue weighted by Crippen LogP contribution is 2.39. The fourth-order valence-corrected chi connectivity index (χ4v) is 3.23. The Morgan fingerprint density at radius 2 is 2.31 bits per heavy atom. The Balaban J connectivity index is 2.05. The topological polar surface area (TPSA) is 21.3 Å². The molecule has 0 saturated carbocycles. The lowest BCUT2D eigenvalue weighted by Gasteiger charge is -2.37. The molecular formula is C12H13BrClNO. The lowest BCUT2D eigenvalue weighted by molar-refractivity contribution is -0.00678. The smallest absolute Gasteiger partial charge is 0.0738 e. The van der Waals surface area contributed by atoms with Crippen molar-refractivity contribution in [3.05, 3.63) is 32.8 Å². The van der Waals surface area contributed by atoms with Crippen LogP contribution in [0.1, 0.15) is 23.5 Å². The quantitative estimate of drug-likeness (QED) is 0.795. The summed E-state index contributed by atoms with van der Waals surface area (Å²) in [7, 11) is 0. The Kier molecular flexibility index (Phi) is 2.96. The van der Waals surface area contributed by atoms with Gasteiger partial charge in [0, 0.05) is 22.5 Å². The summed E-state index contributed by atoms with van der Waals surface area (Å²) in [6, 6.07) is 4.22. The molecule has 1 aromatic rings. The maximum absolute atomic E-state index is 6.30. The second kappa shape index (κ2) is 4.30. The van der Waals surface area contributed by atoms with Crippen LogP contribution in [0.2, 0.25) is 5.02 Å². The Hall–Kier alpha value is -0.0900. The summed E-state index contributed by atoms with van der Waals surface area (Å²) in [5, 5.41) is 4.23. The summed E-state index contributed by atoms with van der Waals surface area (Å²) in [5.41, 5.74) is 2.51. The second-order valence-electron chi connectivity index (χ2n) is 4.38. The van der Waals surface area contributed by atoms with E-state index in [0.29, 0.717) is 18.6 Å². The van der Waals surface area contributed by atoms with Crippen molar-refractivity contribution in [2.45, 2.75) is 25.0 Å². The van der Waals surface area contributed by atoms with Gasteiger partial charge in [-0.25, -0.2) is 0 Å². The van der Waals surface area contributed by atoms with E-state index in [1.165, 1.54) is 5.56 Å². The molecule has 0 radical (unpaired) electrons. The Morgan fingerprint density at radius 3 is 3.19 bits per heavy atom. The Labute approximate surface area is 108 Å². The summed E-state index contributed by atoms with van der Waals surface area (Å²) in [5.74, 6) is 0.461. The highest BCUT2D eigenvalue weighted by atomic mass is 79.9. The minimum absolute atomic E-state index is 0.367. The van der Waals surface area contributed by atoms with Crippen molar-refractivity contribution in [2.75, 3.05) is 13.1 Å². The molecule has 1 saturated heterocycles. The van der Waals surface area contributed by atoms with Crippen molar-refractivity contribution in [3.63, 3.8) is 0 Å². The van der Waals surface area contributed by atoms with E-state index in [2.05, 4.69) is 27.3 Å². The standard InChI is InChI=1S/C12H13BrClNO/c13-10-2-1-7-8-5-15-4-3-11(8)16-6-9(7)12(10)14/h1-2,8,11,15H,3-6H2. The molecule has 2 heterocycles. The maximum Gasteiger partial charge on any atom is 0.0738 e. The molecule has 86 valence electrons. The van der Waals surface area contributed by atoms with Crippen LogP contribution in [-0.2, 0) is 11.3 Å². The first-order valence-corrected chi connectivity index (χ1v) is 6.73. The SMILES string of the molecule is Clc1c(Br)ccc2c1COC1CCNCC21. The van der Waals surface area contributed by atoms with Crippen LogP contribution in [0.4, 0.5) is 0 Å². The van der Waals surface area contributed by atoms with Gasteiger partial charge >= 0.3 is 0 Å². The summed E-state index contributed by atoms with van der Waals surface area (Å²) in [4.78, 5) is 0. The van der Waals surface area contributed by atoms with Crippen LogP contribution in [0, 0.1) is 0 Å². The van der Waals surface area contributed by atoms with Gasteiger partial charge in [-0.05, 0) is 40.5 Å². The molecular weight excluding hydrogens is 289 g/mol. The summed E-state index contributed by atoms with van der Waals surface area (Å²) in [6.45, 7) is 2.70. The molecule has 1 N–H and O–H groups in total. The van der Waals surface area contributed by atoms with Crippen molar-refractivity contribution in [3.8, 4) is 0 Å². The van der Waals surface area contributed by atoms with E-state index in [4.69, 9.17) is 16.3 Å². The number of hydrogen-bond donors (Lipinski definition) is 1. The average Bonchev–Trinajstić information content (AvgIpc) is 2.33. The number of rotatable bonds is 0. The molecule has 0 bridgehead atoms. The minimum Gasteiger partial charge on any atom is -0.373 e. The number of piperidine rings is 1. The van der Waals surface area contributed by atoms with Gasteiger partial charge in [0.2, 0.25) is 0 Å². The lowest BCUT2D eigenvalue weighted by Crippen LogP contribution is -2.42. The van der Waals surface area contributed by atoms with Crippen LogP contribution in [0.3, 0.4) is 0 Å². The molecule has 2 nitrogen and oxygen atoms in total. The van der Waals surface area contributed by atoms with Crippen LogP contribution < -0.4 is 5.32 Å². The minimum atomic E-state index is 0.367. The molecule has 0 spiro atoms. The molecule has 2 aliphatic heterocycles. The van der Waals surface area contributed by atoms with Crippen LogP contribution in [0.25, 0.3) is 0 Å². The molecule has 0 aromatic heterocycles. The molecule has 2 unspecified atom stereocenters. The summed E-state index contributed by atoms with van der Waals surface area (Å²) in [6.07, 6.45) is 1.46. The second-order valence-corrected chi connectivity index (χ2v) is 5.61. The normalized spacial score (nSPS) is 28.4. The van der Waals surface area contributed by atoms with E-state index < -0.39 is 0 Å². The highest BCUT2D eigenvalue weighted by molar-refractivity contribution is 9.10. The predicted molar refractivity (Wildman–Crippen MR) is 68.0 cm³/mol. The maximum atomic E-state index is 6.30. The molecule has 0 aliphatic carbocycles. The zero-order valence-electron chi connectivity index (χ0n) is 8.80. The summed E-state index contributed by atoms with van der Waals surface area (Å²) >= 11 is 9.75. The number of ether oxygens (including phenoxy) is 1. The lowest BCUT2D eigenvalue weighted by atomic mass is 9.84. The fraction of sp³-hybridized carbons (Fsp3) is 0.500. The molecule has 0 amide bonds.